The second-order valence-corrected chi connectivity index (χ2v) is 12.1. The van der Waals surface area contributed by atoms with Crippen LogP contribution in [-0.4, -0.2) is 57.6 Å². The zero-order valence-electron chi connectivity index (χ0n) is 22.2. The molecule has 3 aromatic rings. The van der Waals surface area contributed by atoms with Crippen molar-refractivity contribution >= 4 is 62.3 Å². The SMILES string of the molecule is CCNC(=O)C(Cc1ccccc1)N(Cc1c(Cl)cccc1Cl)C(=O)CN(c1cc(Cl)ccc1OC)S(C)(=O)=O. The highest BCUT2D eigenvalue weighted by atomic mass is 35.5. The summed E-state index contributed by atoms with van der Waals surface area (Å²) in [6.07, 6.45) is 1.14. The van der Waals surface area contributed by atoms with Crippen molar-refractivity contribution in [3.63, 3.8) is 0 Å². The summed E-state index contributed by atoms with van der Waals surface area (Å²) in [5.74, 6) is -0.863. The molecule has 0 aliphatic carbocycles. The molecule has 1 atom stereocenters. The van der Waals surface area contributed by atoms with Gasteiger partial charge in [0.15, 0.2) is 0 Å². The molecule has 0 saturated carbocycles. The molecule has 1 N–H and O–H groups in total. The summed E-state index contributed by atoms with van der Waals surface area (Å²) in [6.45, 7) is 1.32. The van der Waals surface area contributed by atoms with Crippen LogP contribution >= 0.6 is 34.8 Å². The van der Waals surface area contributed by atoms with Gasteiger partial charge in [-0.1, -0.05) is 71.2 Å². The smallest absolute Gasteiger partial charge is 0.244 e. The number of hydrogen-bond donors (Lipinski definition) is 1. The molecule has 0 heterocycles. The quantitative estimate of drug-likeness (QED) is 0.298. The standard InChI is InChI=1S/C28H30Cl3N3O5S/c1-4-32-28(36)25(15-19-9-6-5-7-10-19)33(17-21-22(30)11-8-12-23(21)31)27(35)18-34(40(3,37)38)24-16-20(29)13-14-26(24)39-2/h5-14,16,25H,4,15,17-18H2,1-3H3,(H,32,36). The average molecular weight is 627 g/mol. The Kier molecular flexibility index (Phi) is 11.1. The van der Waals surface area contributed by atoms with Crippen LogP contribution in [-0.2, 0) is 32.6 Å². The lowest BCUT2D eigenvalue weighted by molar-refractivity contribution is -0.140. The topological polar surface area (TPSA) is 96.0 Å². The van der Waals surface area contributed by atoms with Gasteiger partial charge in [0.2, 0.25) is 21.8 Å². The zero-order chi connectivity index (χ0) is 29.4. The first-order valence-corrected chi connectivity index (χ1v) is 15.3. The monoisotopic (exact) mass is 625 g/mol. The first-order valence-electron chi connectivity index (χ1n) is 12.3. The van der Waals surface area contributed by atoms with Gasteiger partial charge in [-0.2, -0.15) is 0 Å². The van der Waals surface area contributed by atoms with Crippen LogP contribution in [0.1, 0.15) is 18.1 Å². The van der Waals surface area contributed by atoms with E-state index in [-0.39, 0.29) is 29.4 Å². The van der Waals surface area contributed by atoms with Crippen LogP contribution in [0.2, 0.25) is 15.1 Å². The minimum atomic E-state index is -4.01. The van der Waals surface area contributed by atoms with Crippen molar-refractivity contribution < 1.29 is 22.7 Å². The molecule has 214 valence electrons. The van der Waals surface area contributed by atoms with E-state index in [1.165, 1.54) is 24.1 Å². The van der Waals surface area contributed by atoms with Crippen molar-refractivity contribution in [3.05, 3.63) is 92.9 Å². The van der Waals surface area contributed by atoms with Gasteiger partial charge in [-0.25, -0.2) is 8.42 Å². The van der Waals surface area contributed by atoms with E-state index >= 15 is 0 Å². The van der Waals surface area contributed by atoms with E-state index in [0.29, 0.717) is 22.2 Å². The normalized spacial score (nSPS) is 11.9. The van der Waals surface area contributed by atoms with Crippen molar-refractivity contribution in [2.45, 2.75) is 25.9 Å². The number of anilines is 1. The van der Waals surface area contributed by atoms with Gasteiger partial charge in [0.1, 0.15) is 18.3 Å². The summed E-state index contributed by atoms with van der Waals surface area (Å²) in [6, 6.07) is 17.6. The van der Waals surface area contributed by atoms with E-state index in [2.05, 4.69) is 5.32 Å². The first kappa shape index (κ1) is 31.5. The summed E-state index contributed by atoms with van der Waals surface area (Å²) >= 11 is 19.1. The summed E-state index contributed by atoms with van der Waals surface area (Å²) in [5, 5.41) is 3.64. The van der Waals surface area contributed by atoms with Crippen molar-refractivity contribution in [2.75, 3.05) is 30.8 Å². The highest BCUT2D eigenvalue weighted by Gasteiger charge is 2.34. The molecule has 3 rings (SSSR count). The van der Waals surface area contributed by atoms with Crippen molar-refractivity contribution in [2.24, 2.45) is 0 Å². The predicted octanol–water partition coefficient (Wildman–Crippen LogP) is 5.20. The average Bonchev–Trinajstić information content (AvgIpc) is 2.90. The number of ether oxygens (including phenoxy) is 1. The Labute approximate surface area is 249 Å². The molecule has 0 fully saturated rings. The van der Waals surface area contributed by atoms with E-state index in [0.717, 1.165) is 16.1 Å². The Morgan fingerprint density at radius 2 is 1.62 bits per heavy atom. The summed E-state index contributed by atoms with van der Waals surface area (Å²) < 4.78 is 32.2. The Balaban J connectivity index is 2.13. The summed E-state index contributed by atoms with van der Waals surface area (Å²) in [7, 11) is -2.62. The lowest BCUT2D eigenvalue weighted by Crippen LogP contribution is -2.53. The van der Waals surface area contributed by atoms with Crippen LogP contribution in [0.25, 0.3) is 0 Å². The molecule has 12 heteroatoms. The number of carbonyl (C=O) groups excluding carboxylic acids is 2. The number of carbonyl (C=O) groups is 2. The molecule has 0 aliphatic heterocycles. The molecular formula is C28H30Cl3N3O5S. The second-order valence-electron chi connectivity index (χ2n) is 8.91. The highest BCUT2D eigenvalue weighted by molar-refractivity contribution is 7.92. The number of benzene rings is 3. The molecule has 0 aromatic heterocycles. The number of methoxy groups -OCH3 is 1. The van der Waals surface area contributed by atoms with Crippen LogP contribution in [0.5, 0.6) is 5.75 Å². The van der Waals surface area contributed by atoms with E-state index < -0.39 is 34.4 Å². The second kappa shape index (κ2) is 14.1. The largest absolute Gasteiger partial charge is 0.495 e. The number of likely N-dealkylation sites (N-methyl/N-ethyl adjacent to an activating group) is 1. The fourth-order valence-corrected chi connectivity index (χ4v) is 5.68. The molecule has 3 aromatic carbocycles. The van der Waals surface area contributed by atoms with E-state index in [1.54, 1.807) is 31.2 Å². The molecule has 0 saturated heterocycles. The summed E-state index contributed by atoms with van der Waals surface area (Å²) in [5.41, 5.74) is 1.31. The highest BCUT2D eigenvalue weighted by Crippen LogP contribution is 2.33. The van der Waals surface area contributed by atoms with Gasteiger partial charge < -0.3 is 15.0 Å². The number of amides is 2. The number of rotatable bonds is 12. The van der Waals surface area contributed by atoms with E-state index in [1.807, 2.05) is 30.3 Å². The van der Waals surface area contributed by atoms with Crippen molar-refractivity contribution in [1.82, 2.24) is 10.2 Å². The number of nitrogens with one attached hydrogen (secondary N) is 1. The number of sulfonamides is 1. The third-order valence-electron chi connectivity index (χ3n) is 6.10. The van der Waals surface area contributed by atoms with E-state index in [4.69, 9.17) is 39.5 Å². The molecule has 40 heavy (non-hydrogen) atoms. The third-order valence-corrected chi connectivity index (χ3v) is 8.17. The maximum absolute atomic E-state index is 14.1. The summed E-state index contributed by atoms with van der Waals surface area (Å²) in [4.78, 5) is 28.8. The van der Waals surface area contributed by atoms with E-state index in [9.17, 15) is 18.0 Å². The zero-order valence-corrected chi connectivity index (χ0v) is 25.3. The number of hydrogen-bond acceptors (Lipinski definition) is 5. The van der Waals surface area contributed by atoms with Crippen LogP contribution in [0.15, 0.2) is 66.7 Å². The Morgan fingerprint density at radius 1 is 0.975 bits per heavy atom. The number of nitrogens with zero attached hydrogens (tertiary/aromatic N) is 2. The maximum Gasteiger partial charge on any atom is 0.244 e. The minimum Gasteiger partial charge on any atom is -0.495 e. The van der Waals surface area contributed by atoms with Gasteiger partial charge in [-0.05, 0) is 42.8 Å². The predicted molar refractivity (Wildman–Crippen MR) is 160 cm³/mol. The van der Waals surface area contributed by atoms with Crippen LogP contribution in [0, 0.1) is 0 Å². The van der Waals surface area contributed by atoms with Crippen LogP contribution in [0.4, 0.5) is 5.69 Å². The molecule has 0 bridgehead atoms. The van der Waals surface area contributed by atoms with Crippen LogP contribution < -0.4 is 14.4 Å². The Bertz CT molecular complexity index is 1430. The van der Waals surface area contributed by atoms with Crippen LogP contribution in [0.3, 0.4) is 0 Å². The van der Waals surface area contributed by atoms with Gasteiger partial charge in [-0.15, -0.1) is 0 Å². The maximum atomic E-state index is 14.1. The van der Waals surface area contributed by atoms with Crippen molar-refractivity contribution in [3.8, 4) is 5.75 Å². The lowest BCUT2D eigenvalue weighted by atomic mass is 10.0. The minimum absolute atomic E-state index is 0.0826. The third kappa shape index (κ3) is 8.04. The molecule has 2 amide bonds. The first-order chi connectivity index (χ1) is 19.0. The van der Waals surface area contributed by atoms with Gasteiger partial charge in [-0.3, -0.25) is 13.9 Å². The number of halogens is 3. The molecular weight excluding hydrogens is 597 g/mol. The molecule has 8 nitrogen and oxygen atoms in total. The fraction of sp³-hybridized carbons (Fsp3) is 0.286. The van der Waals surface area contributed by atoms with Gasteiger partial charge in [0, 0.05) is 40.1 Å². The van der Waals surface area contributed by atoms with Gasteiger partial charge in [0.05, 0.1) is 19.1 Å². The Hall–Kier alpha value is -2.98. The molecule has 0 radical (unpaired) electrons. The van der Waals surface area contributed by atoms with Gasteiger partial charge >= 0.3 is 0 Å². The lowest BCUT2D eigenvalue weighted by Gasteiger charge is -2.34. The molecule has 0 spiro atoms. The van der Waals surface area contributed by atoms with Gasteiger partial charge in [0.25, 0.3) is 0 Å². The van der Waals surface area contributed by atoms with Crippen molar-refractivity contribution in [1.29, 1.82) is 0 Å². The fourth-order valence-electron chi connectivity index (χ4n) is 4.15. The molecule has 1 unspecified atom stereocenters. The Morgan fingerprint density at radius 3 is 2.20 bits per heavy atom. The molecule has 0 aliphatic rings.